The minimum absolute atomic E-state index is 0. The smallest absolute Gasteiger partial charge is 0.271 e. The summed E-state index contributed by atoms with van der Waals surface area (Å²) in [4.78, 5) is 32.8. The van der Waals surface area contributed by atoms with Crippen LogP contribution in [0.5, 0.6) is 0 Å². The molecule has 1 aromatic carbocycles. The van der Waals surface area contributed by atoms with Crippen molar-refractivity contribution in [2.24, 2.45) is 0 Å². The van der Waals surface area contributed by atoms with Crippen molar-refractivity contribution in [2.45, 2.75) is 0 Å². The molecule has 8 heteroatoms. The van der Waals surface area contributed by atoms with Gasteiger partial charge in [0, 0.05) is 23.4 Å². The Morgan fingerprint density at radius 2 is 1.83 bits per heavy atom. The highest BCUT2D eigenvalue weighted by Crippen LogP contribution is 2.29. The van der Waals surface area contributed by atoms with Crippen molar-refractivity contribution >= 4 is 29.1 Å². The number of hydrogen-bond acceptors (Lipinski definition) is 4. The van der Waals surface area contributed by atoms with Gasteiger partial charge in [-0.15, -0.1) is 12.4 Å². The number of nitrogens with zero attached hydrogens (tertiary/aromatic N) is 2. The quantitative estimate of drug-likeness (QED) is 0.430. The van der Waals surface area contributed by atoms with Crippen LogP contribution in [0.3, 0.4) is 0 Å². The fourth-order valence-electron chi connectivity index (χ4n) is 2.65. The molecular formula is C16H11ClN4O3. The lowest BCUT2D eigenvalue weighted by Crippen LogP contribution is -2.01. The number of non-ortho nitro benzene ring substituents is 1. The average molecular weight is 343 g/mol. The first kappa shape index (κ1) is 15.7. The Morgan fingerprint density at radius 1 is 1.04 bits per heavy atom. The molecule has 1 aliphatic carbocycles. The monoisotopic (exact) mass is 342 g/mol. The molecule has 2 N–H and O–H groups in total. The Labute approximate surface area is 141 Å². The van der Waals surface area contributed by atoms with Crippen LogP contribution in [0.15, 0.2) is 53.3 Å². The van der Waals surface area contributed by atoms with Crippen LogP contribution < -0.4 is 5.56 Å². The first-order chi connectivity index (χ1) is 11.1. The minimum Gasteiger partial charge on any atom is -0.338 e. The molecule has 0 atom stereocenters. The number of aromatic amines is 2. The molecule has 1 aliphatic heterocycles. The van der Waals surface area contributed by atoms with Gasteiger partial charge in [0.1, 0.15) is 5.82 Å². The molecule has 24 heavy (non-hydrogen) atoms. The SMILES string of the molecule is Cl.O=c1[nH]c2cccccc-2c1-c1nc2ccc([N+](=O)[O-])cc2[nH]1. The third-order valence-electron chi connectivity index (χ3n) is 3.70. The number of hydrogen-bond donors (Lipinski definition) is 2. The van der Waals surface area contributed by atoms with Crippen molar-refractivity contribution in [3.05, 3.63) is 69.0 Å². The Balaban J connectivity index is 0.00000169. The van der Waals surface area contributed by atoms with Gasteiger partial charge in [0.15, 0.2) is 0 Å². The van der Waals surface area contributed by atoms with E-state index in [1.165, 1.54) is 12.1 Å². The van der Waals surface area contributed by atoms with E-state index in [-0.39, 0.29) is 23.7 Å². The molecular weight excluding hydrogens is 332 g/mol. The van der Waals surface area contributed by atoms with Crippen molar-refractivity contribution in [1.82, 2.24) is 15.0 Å². The van der Waals surface area contributed by atoms with Gasteiger partial charge in [-0.3, -0.25) is 14.9 Å². The maximum Gasteiger partial charge on any atom is 0.271 e. The van der Waals surface area contributed by atoms with Crippen LogP contribution >= 0.6 is 12.4 Å². The molecule has 2 aliphatic rings. The lowest BCUT2D eigenvalue weighted by Gasteiger charge is -1.94. The van der Waals surface area contributed by atoms with Gasteiger partial charge in [-0.2, -0.15) is 0 Å². The van der Waals surface area contributed by atoms with Crippen LogP contribution in [0.25, 0.3) is 33.7 Å². The molecule has 0 fully saturated rings. The van der Waals surface area contributed by atoms with Crippen LogP contribution in [0.4, 0.5) is 5.69 Å². The van der Waals surface area contributed by atoms with Crippen LogP contribution in [0, 0.1) is 10.1 Å². The molecule has 0 saturated carbocycles. The average Bonchev–Trinajstić information content (AvgIpc) is 2.99. The van der Waals surface area contributed by atoms with E-state index in [0.717, 1.165) is 5.56 Å². The summed E-state index contributed by atoms with van der Waals surface area (Å²) in [5.41, 5.74) is 2.69. The number of nitro benzene ring substituents is 1. The zero-order chi connectivity index (χ0) is 16.0. The zero-order valence-corrected chi connectivity index (χ0v) is 13.0. The molecule has 0 spiro atoms. The van der Waals surface area contributed by atoms with Crippen LogP contribution in [-0.2, 0) is 0 Å². The molecule has 7 nitrogen and oxygen atoms in total. The van der Waals surface area contributed by atoms with Gasteiger partial charge < -0.3 is 9.97 Å². The maximum absolute atomic E-state index is 12.3. The molecule has 2 heterocycles. The molecule has 2 aromatic rings. The molecule has 0 bridgehead atoms. The van der Waals surface area contributed by atoms with Crippen LogP contribution in [0.1, 0.15) is 0 Å². The summed E-state index contributed by atoms with van der Waals surface area (Å²) in [5.74, 6) is 0.392. The predicted octanol–water partition coefficient (Wildman–Crippen LogP) is 3.35. The number of benzene rings is 1. The van der Waals surface area contributed by atoms with Gasteiger partial charge in [0.2, 0.25) is 0 Å². The van der Waals surface area contributed by atoms with E-state index < -0.39 is 4.92 Å². The Hall–Kier alpha value is -3.19. The van der Waals surface area contributed by atoms with E-state index >= 15 is 0 Å². The zero-order valence-electron chi connectivity index (χ0n) is 12.1. The highest BCUT2D eigenvalue weighted by molar-refractivity contribution is 5.86. The summed E-state index contributed by atoms with van der Waals surface area (Å²) in [5, 5.41) is 10.9. The molecule has 0 amide bonds. The van der Waals surface area contributed by atoms with Gasteiger partial charge in [-0.25, -0.2) is 4.98 Å². The summed E-state index contributed by atoms with van der Waals surface area (Å²) in [6.45, 7) is 0. The minimum atomic E-state index is -0.468. The Kier molecular flexibility index (Phi) is 3.78. The van der Waals surface area contributed by atoms with E-state index in [0.29, 0.717) is 28.1 Å². The highest BCUT2D eigenvalue weighted by Gasteiger charge is 2.19. The molecule has 0 unspecified atom stereocenters. The number of imidazole rings is 1. The topological polar surface area (TPSA) is 105 Å². The summed E-state index contributed by atoms with van der Waals surface area (Å²) in [7, 11) is 0. The summed E-state index contributed by atoms with van der Waals surface area (Å²) in [6.07, 6.45) is 0. The van der Waals surface area contributed by atoms with Gasteiger partial charge in [0.05, 0.1) is 21.5 Å². The fraction of sp³-hybridized carbons (Fsp3) is 0. The van der Waals surface area contributed by atoms with Crippen LogP contribution in [0.2, 0.25) is 0 Å². The fourth-order valence-corrected chi connectivity index (χ4v) is 2.65. The molecule has 120 valence electrons. The molecule has 0 radical (unpaired) electrons. The predicted molar refractivity (Wildman–Crippen MR) is 92.7 cm³/mol. The van der Waals surface area contributed by atoms with Crippen molar-refractivity contribution in [3.8, 4) is 22.6 Å². The van der Waals surface area contributed by atoms with E-state index in [2.05, 4.69) is 15.0 Å². The normalized spacial score (nSPS) is 10.7. The summed E-state index contributed by atoms with van der Waals surface area (Å²) >= 11 is 0. The van der Waals surface area contributed by atoms with Crippen molar-refractivity contribution in [3.63, 3.8) is 0 Å². The number of aromatic nitrogens is 3. The number of rotatable bonds is 2. The lowest BCUT2D eigenvalue weighted by molar-refractivity contribution is -0.384. The van der Waals surface area contributed by atoms with Gasteiger partial charge in [0.25, 0.3) is 11.2 Å². The summed E-state index contributed by atoms with van der Waals surface area (Å²) < 4.78 is 0. The van der Waals surface area contributed by atoms with Gasteiger partial charge in [-0.05, 0) is 12.1 Å². The molecule has 1 aromatic heterocycles. The number of nitrogens with one attached hydrogen (secondary N) is 2. The Bertz CT molecular complexity index is 1090. The second-order valence-corrected chi connectivity index (χ2v) is 5.11. The van der Waals surface area contributed by atoms with E-state index in [4.69, 9.17) is 0 Å². The van der Waals surface area contributed by atoms with E-state index in [1.54, 1.807) is 6.07 Å². The number of halogens is 1. The number of nitro groups is 1. The summed E-state index contributed by atoms with van der Waals surface area (Å²) in [6, 6.07) is 13.5. The van der Waals surface area contributed by atoms with E-state index in [9.17, 15) is 14.9 Å². The molecule has 0 saturated heterocycles. The molecule has 4 rings (SSSR count). The highest BCUT2D eigenvalue weighted by atomic mass is 35.5. The lowest BCUT2D eigenvalue weighted by atomic mass is 10.1. The Morgan fingerprint density at radius 3 is 2.62 bits per heavy atom. The number of fused-ring (bicyclic) bond motifs is 2. The van der Waals surface area contributed by atoms with Crippen molar-refractivity contribution in [1.29, 1.82) is 0 Å². The first-order valence-electron chi connectivity index (χ1n) is 6.89. The first-order valence-corrected chi connectivity index (χ1v) is 6.89. The number of H-pyrrole nitrogens is 2. The van der Waals surface area contributed by atoms with Crippen molar-refractivity contribution in [2.75, 3.05) is 0 Å². The van der Waals surface area contributed by atoms with Crippen LogP contribution in [-0.4, -0.2) is 19.9 Å². The maximum atomic E-state index is 12.3. The second kappa shape index (κ2) is 5.78. The third kappa shape index (κ3) is 2.40. The van der Waals surface area contributed by atoms with Gasteiger partial charge >= 0.3 is 0 Å². The van der Waals surface area contributed by atoms with Gasteiger partial charge in [-0.1, -0.05) is 24.3 Å². The standard InChI is InChI=1S/C16H10N4O3.ClH/c21-16-14(10-4-2-1-3-5-11(10)19-16)15-17-12-7-6-9(20(22)23)8-13(12)18-15;/h1-8H,(H,17,18)(H,19,21);1H. The largest absolute Gasteiger partial charge is 0.338 e. The van der Waals surface area contributed by atoms with Crippen molar-refractivity contribution < 1.29 is 4.92 Å². The second-order valence-electron chi connectivity index (χ2n) is 5.11. The third-order valence-corrected chi connectivity index (χ3v) is 3.70. The van der Waals surface area contributed by atoms with E-state index in [1.807, 2.05) is 30.3 Å².